The first-order valence-electron chi connectivity index (χ1n) is 9.31. The minimum absolute atomic E-state index is 0.115. The van der Waals surface area contributed by atoms with Gasteiger partial charge in [-0.15, -0.1) is 0 Å². The molecule has 158 valence electrons. The molecule has 1 aliphatic rings. The number of nitrogens with one attached hydrogen (secondary N) is 2. The molecular formula is C20H18ClF3N4O2. The van der Waals surface area contributed by atoms with E-state index in [0.29, 0.717) is 12.4 Å². The van der Waals surface area contributed by atoms with Crippen LogP contribution < -0.4 is 10.1 Å². The third-order valence-electron chi connectivity index (χ3n) is 4.81. The average Bonchev–Trinajstić information content (AvgIpc) is 3.34. The van der Waals surface area contributed by atoms with Gasteiger partial charge in [0.25, 0.3) is 0 Å². The van der Waals surface area contributed by atoms with Gasteiger partial charge in [-0.05, 0) is 37.1 Å². The van der Waals surface area contributed by atoms with E-state index in [1.807, 2.05) is 24.3 Å². The van der Waals surface area contributed by atoms with Crippen LogP contribution in [-0.2, 0) is 0 Å². The van der Waals surface area contributed by atoms with Crippen LogP contribution in [-0.4, -0.2) is 40.2 Å². The zero-order valence-corrected chi connectivity index (χ0v) is 16.4. The van der Waals surface area contributed by atoms with E-state index < -0.39 is 18.8 Å². The molecule has 0 aliphatic carbocycles. The van der Waals surface area contributed by atoms with Crippen LogP contribution >= 0.6 is 11.6 Å². The summed E-state index contributed by atoms with van der Waals surface area (Å²) < 4.78 is 42.5. The summed E-state index contributed by atoms with van der Waals surface area (Å²) in [6.07, 6.45) is -3.00. The maximum Gasteiger partial charge on any atom is 0.422 e. The number of alkyl halides is 3. The topological polar surface area (TPSA) is 70.2 Å². The number of anilines is 1. The van der Waals surface area contributed by atoms with Crippen LogP contribution in [0.4, 0.5) is 23.7 Å². The molecule has 0 bridgehead atoms. The Morgan fingerprint density at radius 1 is 1.30 bits per heavy atom. The Hall–Kier alpha value is -2.94. The van der Waals surface area contributed by atoms with Crippen molar-refractivity contribution in [2.24, 2.45) is 0 Å². The molecule has 0 radical (unpaired) electrons. The molecule has 1 fully saturated rings. The van der Waals surface area contributed by atoms with Gasteiger partial charge in [0, 0.05) is 17.6 Å². The molecule has 30 heavy (non-hydrogen) atoms. The van der Waals surface area contributed by atoms with Gasteiger partial charge in [0.15, 0.2) is 6.61 Å². The normalized spacial score (nSPS) is 16.8. The van der Waals surface area contributed by atoms with Crippen LogP contribution in [0, 0.1) is 0 Å². The number of H-pyrrole nitrogens is 1. The quantitative estimate of drug-likeness (QED) is 0.563. The number of likely N-dealkylation sites (tertiary alicyclic amines) is 1. The molecule has 1 unspecified atom stereocenters. The third-order valence-corrected chi connectivity index (χ3v) is 5.05. The van der Waals surface area contributed by atoms with Gasteiger partial charge in [-0.25, -0.2) is 9.78 Å². The van der Waals surface area contributed by atoms with Gasteiger partial charge >= 0.3 is 12.2 Å². The van der Waals surface area contributed by atoms with Crippen molar-refractivity contribution in [1.29, 1.82) is 0 Å². The van der Waals surface area contributed by atoms with E-state index in [-0.39, 0.29) is 22.5 Å². The lowest BCUT2D eigenvalue weighted by Gasteiger charge is -2.24. The first-order chi connectivity index (χ1) is 14.3. The monoisotopic (exact) mass is 438 g/mol. The smallest absolute Gasteiger partial charge is 0.422 e. The van der Waals surface area contributed by atoms with Crippen molar-refractivity contribution < 1.29 is 22.7 Å². The number of para-hydroxylation sites is 2. The molecule has 3 aromatic rings. The first-order valence-corrected chi connectivity index (χ1v) is 9.69. The fraction of sp³-hybridized carbons (Fsp3) is 0.300. The van der Waals surface area contributed by atoms with Gasteiger partial charge in [-0.1, -0.05) is 23.7 Å². The van der Waals surface area contributed by atoms with Gasteiger partial charge < -0.3 is 19.9 Å². The molecule has 2 amide bonds. The molecule has 1 aliphatic heterocycles. The maximum atomic E-state index is 12.9. The molecule has 6 nitrogen and oxygen atoms in total. The van der Waals surface area contributed by atoms with Crippen LogP contribution in [0.1, 0.15) is 24.7 Å². The minimum Gasteiger partial charge on any atom is -0.482 e. The van der Waals surface area contributed by atoms with E-state index in [9.17, 15) is 18.0 Å². The lowest BCUT2D eigenvalue weighted by Crippen LogP contribution is -2.35. The molecule has 0 spiro atoms. The minimum atomic E-state index is -4.51. The highest BCUT2D eigenvalue weighted by Crippen LogP contribution is 2.34. The number of hydrogen-bond acceptors (Lipinski definition) is 3. The Labute approximate surface area is 175 Å². The van der Waals surface area contributed by atoms with E-state index >= 15 is 0 Å². The summed E-state index contributed by atoms with van der Waals surface area (Å²) in [6.45, 7) is -0.985. The number of benzene rings is 2. The van der Waals surface area contributed by atoms with Crippen molar-refractivity contribution >= 4 is 34.4 Å². The predicted molar refractivity (Wildman–Crippen MR) is 107 cm³/mol. The summed E-state index contributed by atoms with van der Waals surface area (Å²) in [4.78, 5) is 22.3. The zero-order chi connectivity index (χ0) is 21.3. The van der Waals surface area contributed by atoms with Crippen molar-refractivity contribution in [3.8, 4) is 5.75 Å². The molecule has 4 rings (SSSR count). The summed E-state index contributed by atoms with van der Waals surface area (Å²) in [6, 6.07) is 11.0. The fourth-order valence-corrected chi connectivity index (χ4v) is 3.65. The molecule has 2 heterocycles. The van der Waals surface area contributed by atoms with Crippen LogP contribution in [0.25, 0.3) is 11.0 Å². The lowest BCUT2D eigenvalue weighted by molar-refractivity contribution is -0.153. The number of fused-ring (bicyclic) bond motifs is 1. The van der Waals surface area contributed by atoms with E-state index in [0.717, 1.165) is 23.9 Å². The molecule has 1 atom stereocenters. The molecule has 2 aromatic carbocycles. The summed E-state index contributed by atoms with van der Waals surface area (Å²) in [5.74, 6) is 0.529. The molecule has 2 N–H and O–H groups in total. The number of carbonyl (C=O) groups is 1. The second-order valence-electron chi connectivity index (χ2n) is 6.97. The number of carbonyl (C=O) groups excluding carboxylic acids is 1. The Morgan fingerprint density at radius 3 is 2.87 bits per heavy atom. The summed E-state index contributed by atoms with van der Waals surface area (Å²) in [5, 5.41) is 2.84. The number of halogens is 4. The van der Waals surface area contributed by atoms with Crippen molar-refractivity contribution in [3.05, 3.63) is 53.3 Å². The van der Waals surface area contributed by atoms with Crippen molar-refractivity contribution in [1.82, 2.24) is 14.9 Å². The number of amides is 2. The van der Waals surface area contributed by atoms with Crippen molar-refractivity contribution in [3.63, 3.8) is 0 Å². The molecule has 1 aromatic heterocycles. The average molecular weight is 439 g/mol. The molecule has 1 saturated heterocycles. The highest BCUT2D eigenvalue weighted by Gasteiger charge is 2.33. The van der Waals surface area contributed by atoms with E-state index in [2.05, 4.69) is 15.3 Å². The Kier molecular flexibility index (Phi) is 5.46. The highest BCUT2D eigenvalue weighted by atomic mass is 35.5. The largest absolute Gasteiger partial charge is 0.482 e. The van der Waals surface area contributed by atoms with E-state index in [4.69, 9.17) is 16.3 Å². The number of aromatic amines is 1. The van der Waals surface area contributed by atoms with Gasteiger partial charge in [0.1, 0.15) is 11.6 Å². The number of urea groups is 1. The lowest BCUT2D eigenvalue weighted by atomic mass is 10.2. The summed E-state index contributed by atoms with van der Waals surface area (Å²) >= 11 is 5.88. The van der Waals surface area contributed by atoms with Crippen LogP contribution in [0.5, 0.6) is 5.75 Å². The maximum absolute atomic E-state index is 12.9. The fourth-order valence-electron chi connectivity index (χ4n) is 3.49. The zero-order valence-electron chi connectivity index (χ0n) is 15.7. The summed E-state index contributed by atoms with van der Waals surface area (Å²) in [5.41, 5.74) is 1.80. The van der Waals surface area contributed by atoms with Crippen LogP contribution in [0.3, 0.4) is 0 Å². The third kappa shape index (κ3) is 4.46. The number of ether oxygens (including phenoxy) is 1. The summed E-state index contributed by atoms with van der Waals surface area (Å²) in [7, 11) is 0. The van der Waals surface area contributed by atoms with Gasteiger partial charge in [-0.3, -0.25) is 0 Å². The molecular weight excluding hydrogens is 421 g/mol. The number of imidazole rings is 1. The first kappa shape index (κ1) is 20.3. The number of hydrogen-bond donors (Lipinski definition) is 2. The van der Waals surface area contributed by atoms with Crippen molar-refractivity contribution in [2.45, 2.75) is 25.1 Å². The van der Waals surface area contributed by atoms with E-state index in [1.165, 1.54) is 18.2 Å². The Morgan fingerprint density at radius 2 is 2.10 bits per heavy atom. The molecule has 10 heteroatoms. The number of rotatable bonds is 4. The Balaban J connectivity index is 1.53. The van der Waals surface area contributed by atoms with Gasteiger partial charge in [0.05, 0.1) is 22.8 Å². The number of aromatic nitrogens is 2. The number of nitrogens with zero attached hydrogens (tertiary/aromatic N) is 2. The van der Waals surface area contributed by atoms with Gasteiger partial charge in [-0.2, -0.15) is 13.2 Å². The predicted octanol–water partition coefficient (Wildman–Crippen LogP) is 5.53. The SMILES string of the molecule is O=C(Nc1ccc(Cl)cc1OCC(F)(F)F)N1CCCC1c1nc2ccccc2[nH]1. The van der Waals surface area contributed by atoms with Crippen LogP contribution in [0.15, 0.2) is 42.5 Å². The molecule has 0 saturated carbocycles. The highest BCUT2D eigenvalue weighted by molar-refractivity contribution is 6.30. The second-order valence-corrected chi connectivity index (χ2v) is 7.40. The van der Waals surface area contributed by atoms with E-state index in [1.54, 1.807) is 4.90 Å². The van der Waals surface area contributed by atoms with Crippen molar-refractivity contribution in [2.75, 3.05) is 18.5 Å². The Bertz CT molecular complexity index is 1040. The van der Waals surface area contributed by atoms with Gasteiger partial charge in [0.2, 0.25) is 0 Å². The second kappa shape index (κ2) is 8.06. The standard InChI is InChI=1S/C20H18ClF3N4O2/c21-12-7-8-15(17(10-12)30-11-20(22,23)24)27-19(29)28-9-3-6-16(28)18-25-13-4-1-2-5-14(13)26-18/h1-2,4-5,7-8,10,16H,3,6,9,11H2,(H,25,26)(H,27,29). The van der Waals surface area contributed by atoms with Crippen LogP contribution in [0.2, 0.25) is 5.02 Å².